The lowest BCUT2D eigenvalue weighted by Gasteiger charge is -2.07. The van der Waals surface area contributed by atoms with Crippen LogP contribution >= 0.6 is 0 Å². The molecule has 6 nitrogen and oxygen atoms in total. The van der Waals surface area contributed by atoms with Crippen LogP contribution < -0.4 is 5.32 Å². The van der Waals surface area contributed by atoms with Crippen molar-refractivity contribution in [3.05, 3.63) is 39.4 Å². The van der Waals surface area contributed by atoms with Crippen molar-refractivity contribution in [1.82, 2.24) is 5.32 Å². The van der Waals surface area contributed by atoms with Crippen molar-refractivity contribution in [2.75, 3.05) is 6.54 Å². The number of nitro groups is 1. The number of nitro benzene ring substituents is 1. The molecule has 0 aliphatic rings. The topological polar surface area (TPSA) is 92.5 Å². The third-order valence-electron chi connectivity index (χ3n) is 2.75. The summed E-state index contributed by atoms with van der Waals surface area (Å²) in [5.74, 6) is -0.339. The van der Waals surface area contributed by atoms with E-state index < -0.39 is 11.0 Å². The van der Waals surface area contributed by atoms with Crippen molar-refractivity contribution in [2.24, 2.45) is 0 Å². The minimum atomic E-state index is -0.500. The van der Waals surface area contributed by atoms with Crippen LogP contribution in [0, 0.1) is 17.0 Å². The molecule has 0 heterocycles. The van der Waals surface area contributed by atoms with Gasteiger partial charge < -0.3 is 10.4 Å². The van der Waals surface area contributed by atoms with Crippen molar-refractivity contribution in [3.63, 3.8) is 0 Å². The Morgan fingerprint density at radius 2 is 2.21 bits per heavy atom. The largest absolute Gasteiger partial charge is 0.393 e. The lowest BCUT2D eigenvalue weighted by molar-refractivity contribution is -0.385. The van der Waals surface area contributed by atoms with Crippen molar-refractivity contribution in [1.29, 1.82) is 0 Å². The first kappa shape index (κ1) is 15.1. The third kappa shape index (κ3) is 4.67. The third-order valence-corrected chi connectivity index (χ3v) is 2.75. The minimum absolute atomic E-state index is 0.0587. The van der Waals surface area contributed by atoms with Crippen LogP contribution in [0.1, 0.15) is 35.7 Å². The molecule has 0 spiro atoms. The van der Waals surface area contributed by atoms with Crippen molar-refractivity contribution >= 4 is 11.6 Å². The molecule has 1 unspecified atom stereocenters. The second-order valence-electron chi connectivity index (χ2n) is 4.51. The molecule has 0 aliphatic heterocycles. The first-order valence-electron chi connectivity index (χ1n) is 6.13. The molecular formula is C13H18N2O4. The van der Waals surface area contributed by atoms with Crippen LogP contribution in [0.5, 0.6) is 0 Å². The number of nitrogens with one attached hydrogen (secondary N) is 1. The Bertz CT molecular complexity index is 472. The molecule has 0 aliphatic carbocycles. The summed E-state index contributed by atoms with van der Waals surface area (Å²) in [6.45, 7) is 3.75. The quantitative estimate of drug-likeness (QED) is 0.466. The van der Waals surface area contributed by atoms with E-state index in [1.807, 2.05) is 0 Å². The first-order valence-corrected chi connectivity index (χ1v) is 6.13. The highest BCUT2D eigenvalue weighted by Gasteiger charge is 2.14. The minimum Gasteiger partial charge on any atom is -0.393 e. The number of hydrogen-bond donors (Lipinski definition) is 2. The first-order chi connectivity index (χ1) is 8.91. The van der Waals surface area contributed by atoms with Crippen molar-refractivity contribution in [3.8, 4) is 0 Å². The number of amides is 1. The molecular weight excluding hydrogens is 248 g/mol. The maximum Gasteiger partial charge on any atom is 0.273 e. The average Bonchev–Trinajstić information content (AvgIpc) is 2.34. The fourth-order valence-electron chi connectivity index (χ4n) is 1.65. The molecule has 0 bridgehead atoms. The van der Waals surface area contributed by atoms with Gasteiger partial charge in [-0.15, -0.1) is 0 Å². The SMILES string of the molecule is Cc1ccc(C(=O)NCCCC(C)O)cc1[N+](=O)[O-]. The Morgan fingerprint density at radius 1 is 1.53 bits per heavy atom. The fourth-order valence-corrected chi connectivity index (χ4v) is 1.65. The lowest BCUT2D eigenvalue weighted by Crippen LogP contribution is -2.25. The summed E-state index contributed by atoms with van der Waals surface area (Å²) in [7, 11) is 0. The van der Waals surface area contributed by atoms with Gasteiger partial charge in [-0.3, -0.25) is 14.9 Å². The zero-order chi connectivity index (χ0) is 14.4. The molecule has 0 fully saturated rings. The fraction of sp³-hybridized carbons (Fsp3) is 0.462. The Kier molecular flexibility index (Phi) is 5.44. The molecule has 6 heteroatoms. The van der Waals surface area contributed by atoms with E-state index in [-0.39, 0.29) is 17.2 Å². The number of nitrogens with zero attached hydrogens (tertiary/aromatic N) is 1. The Balaban J connectivity index is 2.62. The number of carbonyl (C=O) groups is 1. The molecule has 0 aromatic heterocycles. The van der Waals surface area contributed by atoms with E-state index in [1.54, 1.807) is 26.0 Å². The molecule has 1 amide bonds. The van der Waals surface area contributed by atoms with Crippen molar-refractivity contribution < 1.29 is 14.8 Å². The number of carbonyl (C=O) groups excluding carboxylic acids is 1. The molecule has 0 saturated carbocycles. The van der Waals surface area contributed by atoms with Gasteiger partial charge in [0.25, 0.3) is 11.6 Å². The molecule has 0 saturated heterocycles. The van der Waals surface area contributed by atoms with Crippen LogP contribution in [-0.2, 0) is 0 Å². The normalized spacial score (nSPS) is 11.9. The van der Waals surface area contributed by atoms with E-state index in [1.165, 1.54) is 6.07 Å². The van der Waals surface area contributed by atoms with Crippen molar-refractivity contribution in [2.45, 2.75) is 32.8 Å². The van der Waals surface area contributed by atoms with Crippen LogP contribution in [0.25, 0.3) is 0 Å². The molecule has 0 radical (unpaired) electrons. The van der Waals surface area contributed by atoms with Crippen LogP contribution in [0.15, 0.2) is 18.2 Å². The number of aryl methyl sites for hydroxylation is 1. The molecule has 1 aromatic carbocycles. The Labute approximate surface area is 111 Å². The maximum absolute atomic E-state index is 11.8. The summed E-state index contributed by atoms with van der Waals surface area (Å²) in [6, 6.07) is 4.40. The number of aliphatic hydroxyl groups excluding tert-OH is 1. The standard InChI is InChI=1S/C13H18N2O4/c1-9-5-6-11(8-12(9)15(18)19)13(17)14-7-3-4-10(2)16/h5-6,8,10,16H,3-4,7H2,1-2H3,(H,14,17). The van der Waals surface area contributed by atoms with Gasteiger partial charge in [-0.2, -0.15) is 0 Å². The van der Waals surface area contributed by atoms with Crippen LogP contribution in [0.3, 0.4) is 0 Å². The lowest BCUT2D eigenvalue weighted by atomic mass is 10.1. The second kappa shape index (κ2) is 6.84. The predicted octanol–water partition coefficient (Wildman–Crippen LogP) is 1.79. The number of hydrogen-bond acceptors (Lipinski definition) is 4. The average molecular weight is 266 g/mol. The van der Waals surface area contributed by atoms with Gasteiger partial charge in [0.1, 0.15) is 0 Å². The predicted molar refractivity (Wildman–Crippen MR) is 71.1 cm³/mol. The van der Waals surface area contributed by atoms with E-state index in [9.17, 15) is 14.9 Å². The summed E-state index contributed by atoms with van der Waals surface area (Å²) in [4.78, 5) is 22.1. The van der Waals surface area contributed by atoms with Crippen LogP contribution in [0.4, 0.5) is 5.69 Å². The molecule has 19 heavy (non-hydrogen) atoms. The van der Waals surface area contributed by atoms with Gasteiger partial charge in [0.2, 0.25) is 0 Å². The molecule has 2 N–H and O–H groups in total. The maximum atomic E-state index is 11.8. The van der Waals surface area contributed by atoms with Gasteiger partial charge in [-0.25, -0.2) is 0 Å². The van der Waals surface area contributed by atoms with Gasteiger partial charge in [0.05, 0.1) is 11.0 Å². The Hall–Kier alpha value is -1.95. The van der Waals surface area contributed by atoms with E-state index in [0.717, 1.165) is 0 Å². The molecule has 1 aromatic rings. The highest BCUT2D eigenvalue weighted by atomic mass is 16.6. The second-order valence-corrected chi connectivity index (χ2v) is 4.51. The van der Waals surface area contributed by atoms with E-state index >= 15 is 0 Å². The highest BCUT2D eigenvalue weighted by Crippen LogP contribution is 2.19. The summed E-state index contributed by atoms with van der Waals surface area (Å²) < 4.78 is 0. The zero-order valence-corrected chi connectivity index (χ0v) is 11.0. The van der Waals surface area contributed by atoms with E-state index in [4.69, 9.17) is 5.11 Å². The van der Waals surface area contributed by atoms with Gasteiger partial charge >= 0.3 is 0 Å². The molecule has 1 atom stereocenters. The summed E-state index contributed by atoms with van der Waals surface area (Å²) >= 11 is 0. The van der Waals surface area contributed by atoms with E-state index in [0.29, 0.717) is 24.9 Å². The summed E-state index contributed by atoms with van der Waals surface area (Å²) in [6.07, 6.45) is 0.878. The van der Waals surface area contributed by atoms with Gasteiger partial charge in [0, 0.05) is 23.7 Å². The Morgan fingerprint density at radius 3 is 2.79 bits per heavy atom. The van der Waals surface area contributed by atoms with Gasteiger partial charge in [0.15, 0.2) is 0 Å². The van der Waals surface area contributed by atoms with Crippen LogP contribution in [0.2, 0.25) is 0 Å². The van der Waals surface area contributed by atoms with Crippen LogP contribution in [-0.4, -0.2) is 28.6 Å². The summed E-state index contributed by atoms with van der Waals surface area (Å²) in [5, 5.41) is 22.5. The molecule has 104 valence electrons. The van der Waals surface area contributed by atoms with Gasteiger partial charge in [-0.1, -0.05) is 6.07 Å². The number of rotatable bonds is 6. The number of benzene rings is 1. The monoisotopic (exact) mass is 266 g/mol. The van der Waals surface area contributed by atoms with E-state index in [2.05, 4.69) is 5.32 Å². The van der Waals surface area contributed by atoms with Gasteiger partial charge in [-0.05, 0) is 32.8 Å². The number of aliphatic hydroxyl groups is 1. The smallest absolute Gasteiger partial charge is 0.273 e. The zero-order valence-electron chi connectivity index (χ0n) is 11.0. The molecule has 1 rings (SSSR count). The highest BCUT2D eigenvalue weighted by molar-refractivity contribution is 5.94. The summed E-state index contributed by atoms with van der Waals surface area (Å²) in [5.41, 5.74) is 0.738.